The first-order valence-electron chi connectivity index (χ1n) is 13.2. The minimum atomic E-state index is -1.07. The second-order valence-electron chi connectivity index (χ2n) is 10.9. The average Bonchev–Trinajstić information content (AvgIpc) is 2.81. The number of hydrogen-bond acceptors (Lipinski definition) is 5. The van der Waals surface area contributed by atoms with E-state index in [1.165, 1.54) is 6.92 Å². The normalized spacial score (nSPS) is 23.5. The minimum Gasteiger partial charge on any atom is -0.478 e. The molecule has 39 heavy (non-hydrogen) atoms. The fraction of sp³-hybridized carbons (Fsp3) is 0.424. The number of carboxylic acids is 1. The van der Waals surface area contributed by atoms with Gasteiger partial charge in [-0.2, -0.15) is 0 Å². The maximum Gasteiger partial charge on any atom is 0.328 e. The summed E-state index contributed by atoms with van der Waals surface area (Å²) in [6.45, 7) is 13.0. The van der Waals surface area contributed by atoms with E-state index < -0.39 is 23.0 Å². The summed E-state index contributed by atoms with van der Waals surface area (Å²) >= 11 is 0. The van der Waals surface area contributed by atoms with Crippen LogP contribution < -0.4 is 0 Å². The molecule has 0 spiro atoms. The monoisotopic (exact) mass is 536 g/mol. The van der Waals surface area contributed by atoms with Crippen LogP contribution in [0.15, 0.2) is 95.2 Å². The van der Waals surface area contributed by atoms with Gasteiger partial charge in [-0.3, -0.25) is 9.59 Å². The molecule has 0 aromatic heterocycles. The van der Waals surface area contributed by atoms with Crippen LogP contribution in [-0.4, -0.2) is 40.1 Å². The number of aliphatic carboxylic acids is 1. The number of Topliss-reactive ketones (excluding diaryl/α,β-unsaturated/α-hetero) is 1. The Morgan fingerprint density at radius 1 is 0.949 bits per heavy atom. The topological polar surface area (TPSA) is 101 Å². The molecule has 0 bridgehead atoms. The maximum absolute atomic E-state index is 12.0. The van der Waals surface area contributed by atoms with E-state index in [4.69, 9.17) is 9.84 Å². The molecule has 1 saturated carbocycles. The second-order valence-corrected chi connectivity index (χ2v) is 10.9. The molecule has 0 saturated heterocycles. The van der Waals surface area contributed by atoms with Crippen molar-refractivity contribution >= 4 is 17.7 Å². The van der Waals surface area contributed by atoms with Crippen LogP contribution >= 0.6 is 0 Å². The lowest BCUT2D eigenvalue weighted by Gasteiger charge is -2.48. The summed E-state index contributed by atoms with van der Waals surface area (Å²) < 4.78 is 4.89. The lowest BCUT2D eigenvalue weighted by Crippen LogP contribution is -2.53. The number of hydrogen-bond donors (Lipinski definition) is 2. The Balaban J connectivity index is 2.70. The molecule has 0 aromatic carbocycles. The predicted octanol–water partition coefficient (Wildman–Crippen LogP) is 6.77. The zero-order valence-electron chi connectivity index (χ0n) is 24.4. The summed E-state index contributed by atoms with van der Waals surface area (Å²) in [6.07, 6.45) is 23.4. The largest absolute Gasteiger partial charge is 0.478 e. The first-order valence-corrected chi connectivity index (χ1v) is 13.2. The van der Waals surface area contributed by atoms with Crippen molar-refractivity contribution in [2.45, 2.75) is 73.3 Å². The molecule has 1 fully saturated rings. The predicted molar refractivity (Wildman–Crippen MR) is 157 cm³/mol. The Morgan fingerprint density at radius 3 is 2.08 bits per heavy atom. The molecular weight excluding hydrogens is 492 g/mol. The SMILES string of the molecule is CC(=O)OCC(=CC(=O)O)CC=CC(C)=CC=CC=C(C)C=CC=C(C)C=CC1(O)C(C)CC(=O)CC1(C)C. The van der Waals surface area contributed by atoms with Crippen LogP contribution in [0.4, 0.5) is 0 Å². The second kappa shape index (κ2) is 15.8. The zero-order valence-corrected chi connectivity index (χ0v) is 24.4. The van der Waals surface area contributed by atoms with Crippen LogP contribution in [0.1, 0.15) is 67.7 Å². The van der Waals surface area contributed by atoms with Gasteiger partial charge >= 0.3 is 11.9 Å². The Hall–Kier alpha value is -3.51. The molecule has 0 radical (unpaired) electrons. The van der Waals surface area contributed by atoms with Crippen molar-refractivity contribution in [1.82, 2.24) is 0 Å². The molecule has 0 heterocycles. The quantitative estimate of drug-likeness (QED) is 0.162. The summed E-state index contributed by atoms with van der Waals surface area (Å²) in [5.41, 5.74) is 2.02. The third-order valence-electron chi connectivity index (χ3n) is 6.71. The number of allylic oxidation sites excluding steroid dienone is 13. The summed E-state index contributed by atoms with van der Waals surface area (Å²) in [7, 11) is 0. The summed E-state index contributed by atoms with van der Waals surface area (Å²) in [5.74, 6) is -1.45. The average molecular weight is 537 g/mol. The van der Waals surface area contributed by atoms with Gasteiger partial charge in [-0.15, -0.1) is 0 Å². The van der Waals surface area contributed by atoms with Gasteiger partial charge in [0.25, 0.3) is 0 Å². The van der Waals surface area contributed by atoms with Crippen LogP contribution in [0.5, 0.6) is 0 Å². The van der Waals surface area contributed by atoms with E-state index in [-0.39, 0.29) is 18.3 Å². The minimum absolute atomic E-state index is 0.0427. The zero-order chi connectivity index (χ0) is 29.6. The molecule has 0 aliphatic heterocycles. The molecule has 6 nitrogen and oxygen atoms in total. The number of esters is 1. The molecule has 2 unspecified atom stereocenters. The highest BCUT2D eigenvalue weighted by Gasteiger charge is 2.50. The highest BCUT2D eigenvalue weighted by Crippen LogP contribution is 2.46. The number of carbonyl (C=O) groups is 3. The van der Waals surface area contributed by atoms with Gasteiger partial charge in [-0.05, 0) is 38.7 Å². The van der Waals surface area contributed by atoms with E-state index in [2.05, 4.69) is 0 Å². The fourth-order valence-electron chi connectivity index (χ4n) is 4.38. The van der Waals surface area contributed by atoms with Crippen LogP contribution in [0.3, 0.4) is 0 Å². The van der Waals surface area contributed by atoms with Gasteiger partial charge in [0.15, 0.2) is 0 Å². The standard InChI is InChI=1S/C33H44O6/c1-24(12-8-9-13-25(2)16-11-17-29(21-31(36)37)23-39-28(5)34)14-10-15-26(3)18-19-33(38)27(4)20-30(35)22-32(33,6)7/h8-16,18-19,21,27,38H,17,20,22-23H2,1-7H3,(H,36,37). The van der Waals surface area contributed by atoms with Crippen molar-refractivity contribution < 1.29 is 29.3 Å². The molecule has 1 aliphatic rings. The van der Waals surface area contributed by atoms with Gasteiger partial charge in [0, 0.05) is 31.3 Å². The Kier molecular flexibility index (Phi) is 13.6. The lowest BCUT2D eigenvalue weighted by molar-refractivity contribution is -0.142. The van der Waals surface area contributed by atoms with Crippen molar-refractivity contribution in [2.75, 3.05) is 6.61 Å². The molecule has 212 valence electrons. The van der Waals surface area contributed by atoms with Gasteiger partial charge < -0.3 is 14.9 Å². The summed E-state index contributed by atoms with van der Waals surface area (Å²) in [4.78, 5) is 33.9. The van der Waals surface area contributed by atoms with E-state index in [1.807, 2.05) is 108 Å². The number of carboxylic acid groups (broad SMARTS) is 1. The van der Waals surface area contributed by atoms with E-state index >= 15 is 0 Å². The molecule has 6 heteroatoms. The number of ketones is 1. The van der Waals surface area contributed by atoms with Crippen molar-refractivity contribution in [3.05, 3.63) is 95.2 Å². The highest BCUT2D eigenvalue weighted by molar-refractivity contribution is 5.81. The van der Waals surface area contributed by atoms with E-state index in [9.17, 15) is 19.5 Å². The van der Waals surface area contributed by atoms with Crippen molar-refractivity contribution in [1.29, 1.82) is 0 Å². The van der Waals surface area contributed by atoms with E-state index in [1.54, 1.807) is 0 Å². The molecule has 2 atom stereocenters. The molecule has 0 aromatic rings. The molecular formula is C33H44O6. The number of aliphatic hydroxyl groups is 1. The summed E-state index contributed by atoms with van der Waals surface area (Å²) in [6, 6.07) is 0. The van der Waals surface area contributed by atoms with E-state index in [0.717, 1.165) is 22.8 Å². The van der Waals surface area contributed by atoms with Gasteiger partial charge in [-0.1, -0.05) is 104 Å². The van der Waals surface area contributed by atoms with Gasteiger partial charge in [0.05, 0.1) is 5.60 Å². The van der Waals surface area contributed by atoms with Crippen molar-refractivity contribution in [3.63, 3.8) is 0 Å². The Morgan fingerprint density at radius 2 is 1.51 bits per heavy atom. The Labute approximate surface area is 233 Å². The van der Waals surface area contributed by atoms with Crippen molar-refractivity contribution in [2.24, 2.45) is 11.3 Å². The van der Waals surface area contributed by atoms with Crippen LogP contribution in [0.2, 0.25) is 0 Å². The van der Waals surface area contributed by atoms with Gasteiger partial charge in [0.2, 0.25) is 0 Å². The van der Waals surface area contributed by atoms with Gasteiger partial charge in [-0.25, -0.2) is 4.79 Å². The summed E-state index contributed by atoms with van der Waals surface area (Å²) in [5, 5.41) is 20.2. The Bertz CT molecular complexity index is 1140. The molecule has 1 aliphatic carbocycles. The number of ether oxygens (including phenoxy) is 1. The third kappa shape index (κ3) is 12.3. The van der Waals surface area contributed by atoms with Gasteiger partial charge in [0.1, 0.15) is 12.4 Å². The van der Waals surface area contributed by atoms with E-state index in [0.29, 0.717) is 24.8 Å². The van der Waals surface area contributed by atoms with Crippen molar-refractivity contribution in [3.8, 4) is 0 Å². The lowest BCUT2D eigenvalue weighted by atomic mass is 9.60. The van der Waals surface area contributed by atoms with Crippen LogP contribution in [-0.2, 0) is 19.1 Å². The van der Waals surface area contributed by atoms with Crippen LogP contribution in [0.25, 0.3) is 0 Å². The first-order chi connectivity index (χ1) is 18.2. The maximum atomic E-state index is 12.0. The number of carbonyl (C=O) groups excluding carboxylic acids is 2. The third-order valence-corrected chi connectivity index (χ3v) is 6.71. The highest BCUT2D eigenvalue weighted by atomic mass is 16.5. The first kappa shape index (κ1) is 33.5. The fourth-order valence-corrected chi connectivity index (χ4v) is 4.38. The molecule has 0 amide bonds. The smallest absolute Gasteiger partial charge is 0.328 e. The molecule has 1 rings (SSSR count). The number of rotatable bonds is 12. The molecule has 2 N–H and O–H groups in total. The van der Waals surface area contributed by atoms with Crippen LogP contribution in [0, 0.1) is 11.3 Å².